The molecule has 3 heteroatoms. The Balaban J connectivity index is 1.96. The molecule has 0 aliphatic carbocycles. The number of piperidine rings is 1. The highest BCUT2D eigenvalue weighted by molar-refractivity contribution is 4.89. The van der Waals surface area contributed by atoms with Crippen LogP contribution in [-0.4, -0.2) is 36.6 Å². The van der Waals surface area contributed by atoms with Crippen molar-refractivity contribution in [1.82, 2.24) is 5.06 Å². The number of ether oxygens (including phenoxy) is 1. The van der Waals surface area contributed by atoms with Crippen molar-refractivity contribution < 1.29 is 9.94 Å². The molecule has 10 heavy (non-hydrogen) atoms. The molecule has 0 aromatic heterocycles. The Morgan fingerprint density at radius 1 is 1.40 bits per heavy atom. The van der Waals surface area contributed by atoms with Crippen LogP contribution in [0.3, 0.4) is 0 Å². The zero-order valence-corrected chi connectivity index (χ0v) is 6.05. The normalized spacial score (nSPS) is 32.1. The third-order valence-electron chi connectivity index (χ3n) is 2.46. The Morgan fingerprint density at radius 3 is 2.60 bits per heavy atom. The van der Waals surface area contributed by atoms with Gasteiger partial charge in [-0.1, -0.05) is 0 Å². The fourth-order valence-corrected chi connectivity index (χ4v) is 1.81. The summed E-state index contributed by atoms with van der Waals surface area (Å²) < 4.78 is 5.13. The van der Waals surface area contributed by atoms with Gasteiger partial charge in [-0.05, 0) is 12.8 Å². The smallest absolute Gasteiger partial charge is 0.0558 e. The molecule has 0 radical (unpaired) electrons. The van der Waals surface area contributed by atoms with Crippen LogP contribution in [0, 0.1) is 5.41 Å². The summed E-state index contributed by atoms with van der Waals surface area (Å²) in [5, 5.41) is 10.6. The van der Waals surface area contributed by atoms with E-state index in [2.05, 4.69) is 0 Å². The molecule has 3 nitrogen and oxygen atoms in total. The lowest BCUT2D eigenvalue weighted by molar-refractivity contribution is -0.208. The Bertz CT molecular complexity index is 134. The van der Waals surface area contributed by atoms with Crippen LogP contribution in [0.5, 0.6) is 0 Å². The second-order valence-corrected chi connectivity index (χ2v) is 3.48. The number of hydroxylamine groups is 2. The second-order valence-electron chi connectivity index (χ2n) is 3.48. The highest BCUT2D eigenvalue weighted by atomic mass is 16.5. The van der Waals surface area contributed by atoms with E-state index in [1.54, 1.807) is 0 Å². The Labute approximate surface area is 60.5 Å². The maximum atomic E-state index is 9.19. The van der Waals surface area contributed by atoms with E-state index in [1.807, 2.05) is 0 Å². The molecule has 2 fully saturated rings. The summed E-state index contributed by atoms with van der Waals surface area (Å²) in [6, 6.07) is 0. The molecule has 2 rings (SSSR count). The standard InChI is InChI=1S/C7H13NO2/c9-8-3-1-2-7(4-8)5-10-6-7/h9H,1-6H2. The second kappa shape index (κ2) is 2.19. The van der Waals surface area contributed by atoms with Crippen LogP contribution in [0.4, 0.5) is 0 Å². The topological polar surface area (TPSA) is 32.7 Å². The fourth-order valence-electron chi connectivity index (χ4n) is 1.81. The molecule has 2 saturated heterocycles. The van der Waals surface area contributed by atoms with Gasteiger partial charge in [0.1, 0.15) is 0 Å². The SMILES string of the molecule is ON1CCCC2(COC2)C1. The van der Waals surface area contributed by atoms with Gasteiger partial charge in [0.2, 0.25) is 0 Å². The highest BCUT2D eigenvalue weighted by Gasteiger charge is 2.41. The molecule has 0 aromatic rings. The molecular formula is C7H13NO2. The van der Waals surface area contributed by atoms with Gasteiger partial charge in [0.05, 0.1) is 13.2 Å². The lowest BCUT2D eigenvalue weighted by atomic mass is 9.79. The third-order valence-corrected chi connectivity index (χ3v) is 2.46. The first-order valence-corrected chi connectivity index (χ1v) is 3.82. The summed E-state index contributed by atoms with van der Waals surface area (Å²) in [5.74, 6) is 0. The van der Waals surface area contributed by atoms with Crippen LogP contribution < -0.4 is 0 Å². The first-order valence-electron chi connectivity index (χ1n) is 3.82. The minimum atomic E-state index is 0.326. The Morgan fingerprint density at radius 2 is 2.20 bits per heavy atom. The predicted molar refractivity (Wildman–Crippen MR) is 35.8 cm³/mol. The molecule has 0 amide bonds. The van der Waals surface area contributed by atoms with E-state index in [1.165, 1.54) is 11.5 Å². The van der Waals surface area contributed by atoms with Crippen molar-refractivity contribution in [3.8, 4) is 0 Å². The van der Waals surface area contributed by atoms with Crippen molar-refractivity contribution in [3.63, 3.8) is 0 Å². The summed E-state index contributed by atoms with van der Waals surface area (Å²) in [5.41, 5.74) is 0.326. The van der Waals surface area contributed by atoms with Crippen LogP contribution in [0.2, 0.25) is 0 Å². The van der Waals surface area contributed by atoms with E-state index in [0.717, 1.165) is 32.7 Å². The number of hydrogen-bond acceptors (Lipinski definition) is 3. The van der Waals surface area contributed by atoms with Crippen LogP contribution in [0.25, 0.3) is 0 Å². The highest BCUT2D eigenvalue weighted by Crippen LogP contribution is 2.36. The van der Waals surface area contributed by atoms with Gasteiger partial charge in [-0.25, -0.2) is 0 Å². The van der Waals surface area contributed by atoms with Crippen molar-refractivity contribution in [2.75, 3.05) is 26.3 Å². The van der Waals surface area contributed by atoms with E-state index in [4.69, 9.17) is 4.74 Å². The molecule has 2 aliphatic rings. The van der Waals surface area contributed by atoms with Crippen molar-refractivity contribution in [2.45, 2.75) is 12.8 Å². The van der Waals surface area contributed by atoms with Gasteiger partial charge in [0.25, 0.3) is 0 Å². The molecule has 0 unspecified atom stereocenters. The molecule has 58 valence electrons. The van der Waals surface area contributed by atoms with Gasteiger partial charge in [-0.2, -0.15) is 5.06 Å². The summed E-state index contributed by atoms with van der Waals surface area (Å²) in [6.07, 6.45) is 2.34. The summed E-state index contributed by atoms with van der Waals surface area (Å²) in [7, 11) is 0. The lowest BCUT2D eigenvalue weighted by Gasteiger charge is -2.46. The van der Waals surface area contributed by atoms with Gasteiger partial charge >= 0.3 is 0 Å². The molecule has 1 spiro atoms. The van der Waals surface area contributed by atoms with Gasteiger partial charge in [-0.15, -0.1) is 0 Å². The largest absolute Gasteiger partial charge is 0.380 e. The average molecular weight is 143 g/mol. The Kier molecular flexibility index (Phi) is 1.44. The maximum absolute atomic E-state index is 9.19. The molecule has 1 N–H and O–H groups in total. The lowest BCUT2D eigenvalue weighted by Crippen LogP contribution is -2.53. The average Bonchev–Trinajstić information content (AvgIpc) is 1.85. The van der Waals surface area contributed by atoms with Crippen LogP contribution >= 0.6 is 0 Å². The minimum Gasteiger partial charge on any atom is -0.380 e. The molecule has 0 saturated carbocycles. The van der Waals surface area contributed by atoms with E-state index in [0.29, 0.717) is 5.41 Å². The molecular weight excluding hydrogens is 130 g/mol. The van der Waals surface area contributed by atoms with Crippen molar-refractivity contribution in [2.24, 2.45) is 5.41 Å². The Hall–Kier alpha value is -0.120. The molecule has 2 aliphatic heterocycles. The van der Waals surface area contributed by atoms with Gasteiger partial charge in [-0.3, -0.25) is 0 Å². The van der Waals surface area contributed by atoms with Crippen LogP contribution in [0.15, 0.2) is 0 Å². The maximum Gasteiger partial charge on any atom is 0.0558 e. The van der Waals surface area contributed by atoms with Crippen molar-refractivity contribution in [1.29, 1.82) is 0 Å². The van der Waals surface area contributed by atoms with Crippen LogP contribution in [-0.2, 0) is 4.74 Å². The monoisotopic (exact) mass is 143 g/mol. The van der Waals surface area contributed by atoms with E-state index >= 15 is 0 Å². The summed E-state index contributed by atoms with van der Waals surface area (Å²) in [4.78, 5) is 0. The van der Waals surface area contributed by atoms with Crippen molar-refractivity contribution in [3.05, 3.63) is 0 Å². The molecule has 2 heterocycles. The van der Waals surface area contributed by atoms with E-state index < -0.39 is 0 Å². The predicted octanol–water partition coefficient (Wildman–Crippen LogP) is 0.488. The van der Waals surface area contributed by atoms with Gasteiger partial charge < -0.3 is 9.94 Å². The zero-order valence-electron chi connectivity index (χ0n) is 6.05. The first-order chi connectivity index (χ1) is 4.81. The number of rotatable bonds is 0. The fraction of sp³-hybridized carbons (Fsp3) is 1.00. The number of hydrogen-bond donors (Lipinski definition) is 1. The molecule has 0 aromatic carbocycles. The minimum absolute atomic E-state index is 0.326. The van der Waals surface area contributed by atoms with Gasteiger partial charge in [0.15, 0.2) is 0 Å². The van der Waals surface area contributed by atoms with Gasteiger partial charge in [0, 0.05) is 18.5 Å². The third kappa shape index (κ3) is 0.944. The molecule has 0 atom stereocenters. The quantitative estimate of drug-likeness (QED) is 0.535. The summed E-state index contributed by atoms with van der Waals surface area (Å²) >= 11 is 0. The van der Waals surface area contributed by atoms with Crippen molar-refractivity contribution >= 4 is 0 Å². The first kappa shape index (κ1) is 6.58. The van der Waals surface area contributed by atoms with E-state index in [9.17, 15) is 5.21 Å². The van der Waals surface area contributed by atoms with E-state index in [-0.39, 0.29) is 0 Å². The zero-order chi connectivity index (χ0) is 7.03. The number of nitrogens with zero attached hydrogens (tertiary/aromatic N) is 1. The van der Waals surface area contributed by atoms with Crippen LogP contribution in [0.1, 0.15) is 12.8 Å². The summed E-state index contributed by atoms with van der Waals surface area (Å²) in [6.45, 7) is 3.35. The molecule has 0 bridgehead atoms.